The molecular formula is C19H34O2. The molecule has 2 N–H and O–H groups in total. The molecule has 0 bridgehead atoms. The second-order valence-electron chi connectivity index (χ2n) is 8.80. The summed E-state index contributed by atoms with van der Waals surface area (Å²) in [6.07, 6.45) is 16.9. The van der Waals surface area contributed by atoms with Crippen molar-refractivity contribution < 1.29 is 10.2 Å². The summed E-state index contributed by atoms with van der Waals surface area (Å²) in [7, 11) is 0. The van der Waals surface area contributed by atoms with Gasteiger partial charge in [-0.1, -0.05) is 51.4 Å². The quantitative estimate of drug-likeness (QED) is 0.687. The van der Waals surface area contributed by atoms with Gasteiger partial charge in [0.2, 0.25) is 0 Å². The Morgan fingerprint density at radius 2 is 1.10 bits per heavy atom. The molecule has 2 nitrogen and oxygen atoms in total. The fraction of sp³-hybridized carbons (Fsp3) is 1.00. The van der Waals surface area contributed by atoms with Gasteiger partial charge in [0.25, 0.3) is 0 Å². The van der Waals surface area contributed by atoms with Crippen molar-refractivity contribution in [1.82, 2.24) is 0 Å². The molecule has 0 aliphatic heterocycles. The third kappa shape index (κ3) is 3.03. The van der Waals surface area contributed by atoms with Gasteiger partial charge in [0.05, 0.1) is 11.7 Å². The maximum atomic E-state index is 10.8. The summed E-state index contributed by atoms with van der Waals surface area (Å²) in [6, 6.07) is 0. The van der Waals surface area contributed by atoms with E-state index < -0.39 is 5.60 Å². The molecule has 3 saturated carbocycles. The highest BCUT2D eigenvalue weighted by atomic mass is 16.3. The summed E-state index contributed by atoms with van der Waals surface area (Å²) in [5, 5.41) is 21.1. The van der Waals surface area contributed by atoms with Gasteiger partial charge in [-0.3, -0.25) is 0 Å². The Balaban J connectivity index is 1.83. The number of hydrogen-bond acceptors (Lipinski definition) is 2. The van der Waals surface area contributed by atoms with Gasteiger partial charge in [0.1, 0.15) is 0 Å². The maximum absolute atomic E-state index is 10.8. The molecule has 0 amide bonds. The van der Waals surface area contributed by atoms with Crippen LogP contribution < -0.4 is 0 Å². The Labute approximate surface area is 130 Å². The normalized spacial score (nSPS) is 41.9. The van der Waals surface area contributed by atoms with Crippen molar-refractivity contribution in [1.29, 1.82) is 0 Å². The highest BCUT2D eigenvalue weighted by molar-refractivity contribution is 5.15. The first-order chi connectivity index (χ1) is 9.97. The SMILES string of the molecule is CC1(O)C[C@@]23CCCCCCCCCC[C@]2(CC(O)C3)C1. The standard InChI is InChI=1S/C19H34O2/c1-17(21)14-18-10-8-6-4-2-3-5-7-9-11-19(18,15-17)13-16(20)12-18/h16,20-21H,2-15H2,1H3/t16?,17?,18-,19-/m0/s1. The predicted molar refractivity (Wildman–Crippen MR) is 86.1 cm³/mol. The summed E-state index contributed by atoms with van der Waals surface area (Å²) in [4.78, 5) is 0. The number of aliphatic hydroxyl groups excluding tert-OH is 1. The molecule has 122 valence electrons. The van der Waals surface area contributed by atoms with E-state index in [0.29, 0.717) is 0 Å². The van der Waals surface area contributed by atoms with Crippen LogP contribution in [0.5, 0.6) is 0 Å². The highest BCUT2D eigenvalue weighted by Gasteiger charge is 2.64. The zero-order chi connectivity index (χ0) is 15.0. The molecule has 2 atom stereocenters. The lowest BCUT2D eigenvalue weighted by Crippen LogP contribution is -2.32. The lowest BCUT2D eigenvalue weighted by molar-refractivity contribution is 0.0368. The molecule has 0 heterocycles. The monoisotopic (exact) mass is 294 g/mol. The van der Waals surface area contributed by atoms with E-state index in [2.05, 4.69) is 0 Å². The van der Waals surface area contributed by atoms with Crippen LogP contribution in [0.2, 0.25) is 0 Å². The zero-order valence-corrected chi connectivity index (χ0v) is 13.9. The van der Waals surface area contributed by atoms with Crippen LogP contribution in [-0.2, 0) is 0 Å². The number of aliphatic hydroxyl groups is 2. The predicted octanol–water partition coefficient (Wildman–Crippen LogP) is 4.57. The minimum absolute atomic E-state index is 0.119. The lowest BCUT2D eigenvalue weighted by Gasteiger charge is -2.41. The van der Waals surface area contributed by atoms with Gasteiger partial charge in [-0.15, -0.1) is 0 Å². The molecule has 0 aromatic carbocycles. The third-order valence-electron chi connectivity index (χ3n) is 6.88. The Hall–Kier alpha value is -0.0800. The van der Waals surface area contributed by atoms with Gasteiger partial charge in [-0.2, -0.15) is 0 Å². The van der Waals surface area contributed by atoms with Crippen LogP contribution in [0, 0.1) is 10.8 Å². The van der Waals surface area contributed by atoms with E-state index in [4.69, 9.17) is 0 Å². The molecule has 0 saturated heterocycles. The first-order valence-corrected chi connectivity index (χ1v) is 9.38. The first kappa shape index (κ1) is 15.8. The Morgan fingerprint density at radius 1 is 0.714 bits per heavy atom. The second-order valence-corrected chi connectivity index (χ2v) is 8.80. The van der Waals surface area contributed by atoms with E-state index in [1.807, 2.05) is 6.92 Å². The van der Waals surface area contributed by atoms with Gasteiger partial charge in [-0.05, 0) is 56.3 Å². The maximum Gasteiger partial charge on any atom is 0.0630 e. The molecule has 3 aliphatic rings. The van der Waals surface area contributed by atoms with Crippen LogP contribution in [0.4, 0.5) is 0 Å². The summed E-state index contributed by atoms with van der Waals surface area (Å²) >= 11 is 0. The largest absolute Gasteiger partial charge is 0.393 e. The molecule has 0 radical (unpaired) electrons. The molecule has 2 heteroatoms. The second kappa shape index (κ2) is 5.85. The van der Waals surface area contributed by atoms with E-state index in [1.54, 1.807) is 0 Å². The van der Waals surface area contributed by atoms with Gasteiger partial charge in [-0.25, -0.2) is 0 Å². The molecule has 3 rings (SSSR count). The molecule has 0 aromatic rings. The van der Waals surface area contributed by atoms with Gasteiger partial charge in [0, 0.05) is 0 Å². The van der Waals surface area contributed by atoms with Crippen molar-refractivity contribution in [2.75, 3.05) is 0 Å². The average Bonchev–Trinajstić information content (AvgIpc) is 2.71. The summed E-state index contributed by atoms with van der Waals surface area (Å²) in [5.41, 5.74) is -0.0372. The van der Waals surface area contributed by atoms with Crippen LogP contribution in [0.15, 0.2) is 0 Å². The Morgan fingerprint density at radius 3 is 1.52 bits per heavy atom. The third-order valence-corrected chi connectivity index (χ3v) is 6.88. The molecule has 0 unspecified atom stereocenters. The highest BCUT2D eigenvalue weighted by Crippen LogP contribution is 2.69. The minimum Gasteiger partial charge on any atom is -0.393 e. The van der Waals surface area contributed by atoms with Crippen LogP contribution in [0.25, 0.3) is 0 Å². The molecule has 3 aliphatic carbocycles. The van der Waals surface area contributed by atoms with Gasteiger partial charge < -0.3 is 10.2 Å². The Kier molecular flexibility index (Phi) is 4.40. The molecule has 3 fully saturated rings. The van der Waals surface area contributed by atoms with Gasteiger partial charge in [0.15, 0.2) is 0 Å². The molecular weight excluding hydrogens is 260 g/mol. The van der Waals surface area contributed by atoms with E-state index in [1.165, 1.54) is 64.2 Å². The van der Waals surface area contributed by atoms with Crippen molar-refractivity contribution >= 4 is 0 Å². The van der Waals surface area contributed by atoms with Crippen LogP contribution in [0.1, 0.15) is 96.8 Å². The van der Waals surface area contributed by atoms with Crippen molar-refractivity contribution in [2.24, 2.45) is 10.8 Å². The average molecular weight is 294 g/mol. The fourth-order valence-corrected chi connectivity index (χ4v) is 6.35. The Bertz CT molecular complexity index is 333. The lowest BCUT2D eigenvalue weighted by atomic mass is 9.63. The van der Waals surface area contributed by atoms with E-state index >= 15 is 0 Å². The van der Waals surface area contributed by atoms with E-state index in [9.17, 15) is 10.2 Å². The van der Waals surface area contributed by atoms with Crippen molar-refractivity contribution in [3.05, 3.63) is 0 Å². The molecule has 21 heavy (non-hydrogen) atoms. The van der Waals surface area contributed by atoms with E-state index in [-0.39, 0.29) is 16.9 Å². The fourth-order valence-electron chi connectivity index (χ4n) is 6.35. The van der Waals surface area contributed by atoms with Crippen molar-refractivity contribution in [3.8, 4) is 0 Å². The van der Waals surface area contributed by atoms with Crippen molar-refractivity contribution in [3.63, 3.8) is 0 Å². The van der Waals surface area contributed by atoms with Crippen molar-refractivity contribution in [2.45, 2.75) is 109 Å². The molecule has 0 aromatic heterocycles. The van der Waals surface area contributed by atoms with Crippen LogP contribution in [-0.4, -0.2) is 21.9 Å². The topological polar surface area (TPSA) is 40.5 Å². The minimum atomic E-state index is -0.500. The van der Waals surface area contributed by atoms with Crippen LogP contribution in [0.3, 0.4) is 0 Å². The summed E-state index contributed by atoms with van der Waals surface area (Å²) in [6.45, 7) is 2.04. The summed E-state index contributed by atoms with van der Waals surface area (Å²) < 4.78 is 0. The van der Waals surface area contributed by atoms with E-state index in [0.717, 1.165) is 25.7 Å². The number of hydrogen-bond donors (Lipinski definition) is 2. The first-order valence-electron chi connectivity index (χ1n) is 9.38. The van der Waals surface area contributed by atoms with Crippen LogP contribution >= 0.6 is 0 Å². The zero-order valence-electron chi connectivity index (χ0n) is 13.9. The summed E-state index contributed by atoms with van der Waals surface area (Å²) in [5.74, 6) is 0. The smallest absolute Gasteiger partial charge is 0.0630 e. The number of rotatable bonds is 0. The molecule has 0 spiro atoms. The van der Waals surface area contributed by atoms with Gasteiger partial charge >= 0.3 is 0 Å².